The minimum absolute atomic E-state index is 0.0936. The first-order valence-electron chi connectivity index (χ1n) is 4.85. The van der Waals surface area contributed by atoms with Gasteiger partial charge in [0.2, 0.25) is 0 Å². The lowest BCUT2D eigenvalue weighted by Crippen LogP contribution is -2.53. The van der Waals surface area contributed by atoms with Crippen LogP contribution in [0.3, 0.4) is 0 Å². The number of ether oxygens (including phenoxy) is 1. The zero-order chi connectivity index (χ0) is 12.7. The Kier molecular flexibility index (Phi) is 2.61. The van der Waals surface area contributed by atoms with Gasteiger partial charge < -0.3 is 9.84 Å². The fourth-order valence-corrected chi connectivity index (χ4v) is 1.71. The molecule has 1 fully saturated rings. The van der Waals surface area contributed by atoms with Gasteiger partial charge in [0.15, 0.2) is 0 Å². The summed E-state index contributed by atoms with van der Waals surface area (Å²) in [4.78, 5) is 11.1. The molecule has 0 bridgehead atoms. The van der Waals surface area contributed by atoms with E-state index in [1.54, 1.807) is 0 Å². The van der Waals surface area contributed by atoms with Crippen LogP contribution < -0.4 is 0 Å². The number of alkyl halides is 3. The summed E-state index contributed by atoms with van der Waals surface area (Å²) in [6.07, 6.45) is -4.47. The number of benzene rings is 1. The number of aliphatic carboxylic acids is 1. The molecule has 17 heavy (non-hydrogen) atoms. The van der Waals surface area contributed by atoms with E-state index >= 15 is 0 Å². The summed E-state index contributed by atoms with van der Waals surface area (Å²) in [5.74, 6) is -1.16. The molecule has 92 valence electrons. The third kappa shape index (κ3) is 1.88. The maximum absolute atomic E-state index is 12.5. The van der Waals surface area contributed by atoms with Crippen LogP contribution in [-0.4, -0.2) is 24.3 Å². The summed E-state index contributed by atoms with van der Waals surface area (Å²) in [6.45, 7) is -0.187. The van der Waals surface area contributed by atoms with Gasteiger partial charge in [0.1, 0.15) is 5.41 Å². The van der Waals surface area contributed by atoms with Gasteiger partial charge in [-0.15, -0.1) is 0 Å². The largest absolute Gasteiger partial charge is 0.480 e. The van der Waals surface area contributed by atoms with Crippen LogP contribution in [0.4, 0.5) is 13.2 Å². The van der Waals surface area contributed by atoms with E-state index in [0.717, 1.165) is 12.1 Å². The minimum Gasteiger partial charge on any atom is -0.480 e. The Labute approximate surface area is 94.8 Å². The maximum Gasteiger partial charge on any atom is 0.416 e. The van der Waals surface area contributed by atoms with E-state index in [1.807, 2.05) is 0 Å². The van der Waals surface area contributed by atoms with Crippen molar-refractivity contribution in [3.8, 4) is 0 Å². The van der Waals surface area contributed by atoms with E-state index in [-0.39, 0.29) is 18.8 Å². The van der Waals surface area contributed by atoms with Gasteiger partial charge in [-0.1, -0.05) is 18.2 Å². The van der Waals surface area contributed by atoms with Crippen LogP contribution in [-0.2, 0) is 21.1 Å². The Bertz CT molecular complexity index is 450. The fraction of sp³-hybridized carbons (Fsp3) is 0.364. The summed E-state index contributed by atoms with van der Waals surface area (Å²) >= 11 is 0. The first-order valence-corrected chi connectivity index (χ1v) is 4.85. The summed E-state index contributed by atoms with van der Waals surface area (Å²) in [5.41, 5.74) is -2.05. The molecule has 1 aliphatic heterocycles. The molecule has 1 aromatic rings. The van der Waals surface area contributed by atoms with Crippen LogP contribution in [0.1, 0.15) is 11.1 Å². The van der Waals surface area contributed by atoms with E-state index < -0.39 is 23.1 Å². The average Bonchev–Trinajstić information content (AvgIpc) is 2.14. The second-order valence-electron chi connectivity index (χ2n) is 3.96. The second-order valence-corrected chi connectivity index (χ2v) is 3.96. The van der Waals surface area contributed by atoms with E-state index in [1.165, 1.54) is 12.1 Å². The van der Waals surface area contributed by atoms with Crippen molar-refractivity contribution < 1.29 is 27.8 Å². The van der Waals surface area contributed by atoms with Crippen molar-refractivity contribution in [3.05, 3.63) is 35.4 Å². The Hall–Kier alpha value is -1.56. The number of carboxylic acids is 1. The predicted octanol–water partition coefficient (Wildman–Crippen LogP) is 2.06. The summed E-state index contributed by atoms with van der Waals surface area (Å²) < 4.78 is 42.3. The second kappa shape index (κ2) is 3.73. The quantitative estimate of drug-likeness (QED) is 0.868. The highest BCUT2D eigenvalue weighted by Gasteiger charge is 2.48. The zero-order valence-electron chi connectivity index (χ0n) is 8.62. The van der Waals surface area contributed by atoms with Gasteiger partial charge in [0.05, 0.1) is 18.8 Å². The lowest BCUT2D eigenvalue weighted by atomic mass is 9.78. The van der Waals surface area contributed by atoms with Crippen molar-refractivity contribution in [1.82, 2.24) is 0 Å². The van der Waals surface area contributed by atoms with Crippen LogP contribution in [0.15, 0.2) is 24.3 Å². The van der Waals surface area contributed by atoms with Gasteiger partial charge in [0, 0.05) is 0 Å². The van der Waals surface area contributed by atoms with Gasteiger partial charge in [-0.2, -0.15) is 13.2 Å². The molecule has 2 rings (SSSR count). The zero-order valence-corrected chi connectivity index (χ0v) is 8.62. The molecule has 0 radical (unpaired) electrons. The molecule has 1 saturated heterocycles. The number of rotatable bonds is 2. The molecule has 1 aromatic carbocycles. The van der Waals surface area contributed by atoms with Crippen molar-refractivity contribution in [3.63, 3.8) is 0 Å². The van der Waals surface area contributed by atoms with Crippen molar-refractivity contribution in [1.29, 1.82) is 0 Å². The number of halogens is 3. The molecule has 0 spiro atoms. The molecule has 3 nitrogen and oxygen atoms in total. The predicted molar refractivity (Wildman–Crippen MR) is 51.6 cm³/mol. The molecule has 0 atom stereocenters. The summed E-state index contributed by atoms with van der Waals surface area (Å²) in [5, 5.41) is 9.07. The van der Waals surface area contributed by atoms with Crippen LogP contribution >= 0.6 is 0 Å². The molecule has 0 amide bonds. The number of hydrogen-bond acceptors (Lipinski definition) is 2. The van der Waals surface area contributed by atoms with Gasteiger partial charge in [-0.3, -0.25) is 4.79 Å². The SMILES string of the molecule is O=C(O)C1(c2cccc(C(F)(F)F)c2)COC1. The molecular formula is C11H9F3O3. The van der Waals surface area contributed by atoms with Crippen LogP contribution in [0.2, 0.25) is 0 Å². The monoisotopic (exact) mass is 246 g/mol. The highest BCUT2D eigenvalue weighted by atomic mass is 19.4. The van der Waals surface area contributed by atoms with Crippen molar-refractivity contribution in [2.24, 2.45) is 0 Å². The number of hydrogen-bond donors (Lipinski definition) is 1. The Morgan fingerprint density at radius 3 is 2.41 bits per heavy atom. The van der Waals surface area contributed by atoms with Crippen LogP contribution in [0, 0.1) is 0 Å². The molecule has 1 N–H and O–H groups in total. The van der Waals surface area contributed by atoms with Crippen molar-refractivity contribution >= 4 is 5.97 Å². The lowest BCUT2D eigenvalue weighted by molar-refractivity contribution is -0.163. The average molecular weight is 246 g/mol. The number of carbonyl (C=O) groups is 1. The molecule has 0 saturated carbocycles. The lowest BCUT2D eigenvalue weighted by Gasteiger charge is -2.37. The third-order valence-electron chi connectivity index (χ3n) is 2.85. The van der Waals surface area contributed by atoms with E-state index in [4.69, 9.17) is 9.84 Å². The number of carboxylic acid groups (broad SMARTS) is 1. The molecule has 1 aliphatic rings. The van der Waals surface area contributed by atoms with Crippen LogP contribution in [0.5, 0.6) is 0 Å². The molecule has 0 aliphatic carbocycles. The fourth-order valence-electron chi connectivity index (χ4n) is 1.71. The molecule has 0 aromatic heterocycles. The Balaban J connectivity index is 2.43. The highest BCUT2D eigenvalue weighted by Crippen LogP contribution is 2.36. The molecule has 6 heteroatoms. The molecule has 1 heterocycles. The third-order valence-corrected chi connectivity index (χ3v) is 2.85. The molecule has 0 unspecified atom stereocenters. The summed E-state index contributed by atoms with van der Waals surface area (Å²) in [6, 6.07) is 4.38. The van der Waals surface area contributed by atoms with Gasteiger partial charge in [-0.05, 0) is 11.6 Å². The van der Waals surface area contributed by atoms with Crippen molar-refractivity contribution in [2.75, 3.05) is 13.2 Å². The van der Waals surface area contributed by atoms with Crippen molar-refractivity contribution in [2.45, 2.75) is 11.6 Å². The molecular weight excluding hydrogens is 237 g/mol. The van der Waals surface area contributed by atoms with E-state index in [0.29, 0.717) is 0 Å². The van der Waals surface area contributed by atoms with Gasteiger partial charge in [0.25, 0.3) is 0 Å². The highest BCUT2D eigenvalue weighted by molar-refractivity contribution is 5.83. The van der Waals surface area contributed by atoms with E-state index in [2.05, 4.69) is 0 Å². The van der Waals surface area contributed by atoms with Gasteiger partial charge in [-0.25, -0.2) is 0 Å². The first-order chi connectivity index (χ1) is 7.86. The Morgan fingerprint density at radius 2 is 2.00 bits per heavy atom. The topological polar surface area (TPSA) is 46.5 Å². The minimum atomic E-state index is -4.47. The van der Waals surface area contributed by atoms with Gasteiger partial charge >= 0.3 is 12.1 Å². The Morgan fingerprint density at radius 1 is 1.35 bits per heavy atom. The smallest absolute Gasteiger partial charge is 0.416 e. The normalized spacial score (nSPS) is 18.5. The van der Waals surface area contributed by atoms with E-state index in [9.17, 15) is 18.0 Å². The summed E-state index contributed by atoms with van der Waals surface area (Å²) in [7, 11) is 0. The standard InChI is InChI=1S/C11H9F3O3/c12-11(13,14)8-3-1-2-7(4-8)10(9(15)16)5-17-6-10/h1-4H,5-6H2,(H,15,16). The maximum atomic E-state index is 12.5. The first kappa shape index (κ1) is 11.9. The van der Waals surface area contributed by atoms with Crippen LogP contribution in [0.25, 0.3) is 0 Å².